The molecule has 0 aliphatic carbocycles. The van der Waals surface area contributed by atoms with E-state index in [4.69, 9.17) is 0 Å². The number of hydrogen-bond donors (Lipinski definition) is 0. The summed E-state index contributed by atoms with van der Waals surface area (Å²) in [4.78, 5) is 31.3. The highest BCUT2D eigenvalue weighted by Gasteiger charge is 2.20. The minimum atomic E-state index is -0.186. The molecule has 0 unspecified atom stereocenters. The quantitative estimate of drug-likeness (QED) is 0.805. The normalized spacial score (nSPS) is 18.5. The van der Waals surface area contributed by atoms with Gasteiger partial charge in [0.1, 0.15) is 0 Å². The van der Waals surface area contributed by atoms with Crippen LogP contribution in [0.4, 0.5) is 0 Å². The molecule has 1 aromatic heterocycles. The fourth-order valence-corrected chi connectivity index (χ4v) is 5.05. The molecule has 2 heterocycles. The van der Waals surface area contributed by atoms with Crippen LogP contribution in [-0.4, -0.2) is 45.9 Å². The van der Waals surface area contributed by atoms with Crippen LogP contribution in [0.5, 0.6) is 0 Å². The molecule has 1 aliphatic rings. The molecule has 1 atom stereocenters. The zero-order chi connectivity index (χ0) is 18.7. The van der Waals surface area contributed by atoms with Gasteiger partial charge in [-0.25, -0.2) is 0 Å². The van der Waals surface area contributed by atoms with E-state index < -0.39 is 0 Å². The van der Waals surface area contributed by atoms with E-state index in [2.05, 4.69) is 37.0 Å². The molecule has 1 fully saturated rings. The van der Waals surface area contributed by atoms with Gasteiger partial charge in [-0.3, -0.25) is 9.59 Å². The minimum Gasteiger partial charge on any atom is -0.342 e. The van der Waals surface area contributed by atoms with E-state index in [-0.39, 0.29) is 17.6 Å². The Labute approximate surface area is 162 Å². The van der Waals surface area contributed by atoms with Gasteiger partial charge in [0.25, 0.3) is 5.91 Å². The summed E-state index contributed by atoms with van der Waals surface area (Å²) < 4.78 is 3.07. The maximum Gasteiger partial charge on any atom is 0.258 e. The zero-order valence-corrected chi connectivity index (χ0v) is 17.2. The fourth-order valence-electron chi connectivity index (χ4n) is 3.22. The molecule has 1 aliphatic heterocycles. The van der Waals surface area contributed by atoms with Crippen molar-refractivity contribution < 1.29 is 9.59 Å². The van der Waals surface area contributed by atoms with Crippen molar-refractivity contribution in [2.75, 3.05) is 24.6 Å². The highest BCUT2D eigenvalue weighted by atomic mass is 32.2. The van der Waals surface area contributed by atoms with E-state index in [0.29, 0.717) is 16.5 Å². The van der Waals surface area contributed by atoms with Gasteiger partial charge in [-0.15, -0.1) is 11.8 Å². The zero-order valence-electron chi connectivity index (χ0n) is 15.5. The predicted octanol–water partition coefficient (Wildman–Crippen LogP) is 2.97. The largest absolute Gasteiger partial charge is 0.342 e. The van der Waals surface area contributed by atoms with Crippen molar-refractivity contribution >= 4 is 45.1 Å². The molecule has 3 rings (SSSR count). The first-order chi connectivity index (χ1) is 12.4. The SMILES string of the molecule is Cc1ccc2c(c1)sc(=NC(=O)CSCC(=O)N1CCC[C@@H](C)C1)n2C. The van der Waals surface area contributed by atoms with Gasteiger partial charge in [-0.2, -0.15) is 4.99 Å². The molecule has 2 amide bonds. The van der Waals surface area contributed by atoms with Crippen LogP contribution in [0, 0.1) is 12.8 Å². The Balaban J connectivity index is 1.58. The van der Waals surface area contributed by atoms with Gasteiger partial charge >= 0.3 is 0 Å². The Bertz CT molecular complexity index is 885. The lowest BCUT2D eigenvalue weighted by Gasteiger charge is -2.30. The van der Waals surface area contributed by atoms with Gasteiger partial charge in [0, 0.05) is 20.1 Å². The molecule has 0 saturated carbocycles. The number of carbonyl (C=O) groups is 2. The highest BCUT2D eigenvalue weighted by molar-refractivity contribution is 8.00. The Morgan fingerprint density at radius 1 is 1.35 bits per heavy atom. The number of aryl methyl sites for hydroxylation is 2. The van der Waals surface area contributed by atoms with Gasteiger partial charge < -0.3 is 9.47 Å². The maximum absolute atomic E-state index is 12.2. The molecule has 0 N–H and O–H groups in total. The van der Waals surface area contributed by atoms with Crippen molar-refractivity contribution in [2.24, 2.45) is 18.0 Å². The second kappa shape index (κ2) is 8.39. The van der Waals surface area contributed by atoms with E-state index in [1.54, 1.807) is 0 Å². The van der Waals surface area contributed by atoms with Gasteiger partial charge in [0.2, 0.25) is 5.91 Å². The summed E-state index contributed by atoms with van der Waals surface area (Å²) in [6.07, 6.45) is 2.27. The van der Waals surface area contributed by atoms with Crippen LogP contribution in [0.1, 0.15) is 25.3 Å². The number of thiazole rings is 1. The number of fused-ring (bicyclic) bond motifs is 1. The smallest absolute Gasteiger partial charge is 0.258 e. The number of likely N-dealkylation sites (tertiary alicyclic amines) is 1. The molecule has 7 heteroatoms. The first-order valence-corrected chi connectivity index (χ1v) is 10.9. The number of rotatable bonds is 4. The average molecular weight is 392 g/mol. The van der Waals surface area contributed by atoms with Crippen molar-refractivity contribution in [3.8, 4) is 0 Å². The molecule has 26 heavy (non-hydrogen) atoms. The van der Waals surface area contributed by atoms with Crippen molar-refractivity contribution in [1.82, 2.24) is 9.47 Å². The molecule has 140 valence electrons. The van der Waals surface area contributed by atoms with Gasteiger partial charge in [-0.05, 0) is 43.4 Å². The number of benzene rings is 1. The van der Waals surface area contributed by atoms with E-state index in [9.17, 15) is 9.59 Å². The minimum absolute atomic E-state index is 0.136. The van der Waals surface area contributed by atoms with E-state index in [1.165, 1.54) is 35.1 Å². The number of nitrogens with zero attached hydrogens (tertiary/aromatic N) is 3. The molecule has 5 nitrogen and oxygen atoms in total. The Hall–Kier alpha value is -1.60. The fraction of sp³-hybridized carbons (Fsp3) is 0.526. The second-order valence-electron chi connectivity index (χ2n) is 7.00. The summed E-state index contributed by atoms with van der Waals surface area (Å²) >= 11 is 2.88. The predicted molar refractivity (Wildman–Crippen MR) is 108 cm³/mol. The Kier molecular flexibility index (Phi) is 6.19. The monoisotopic (exact) mass is 391 g/mol. The van der Waals surface area contributed by atoms with Gasteiger partial charge in [-0.1, -0.05) is 24.3 Å². The van der Waals surface area contributed by atoms with Crippen LogP contribution in [-0.2, 0) is 16.6 Å². The first-order valence-electron chi connectivity index (χ1n) is 8.93. The summed E-state index contributed by atoms with van der Waals surface area (Å²) in [6, 6.07) is 6.22. The van der Waals surface area contributed by atoms with Crippen molar-refractivity contribution in [1.29, 1.82) is 0 Å². The summed E-state index contributed by atoms with van der Waals surface area (Å²) in [5, 5.41) is 0. The third-order valence-electron chi connectivity index (χ3n) is 4.65. The highest BCUT2D eigenvalue weighted by Crippen LogP contribution is 2.18. The third kappa shape index (κ3) is 4.57. The number of carbonyl (C=O) groups excluding carboxylic acids is 2. The maximum atomic E-state index is 12.2. The topological polar surface area (TPSA) is 54.7 Å². The molecule has 0 bridgehead atoms. The van der Waals surface area contributed by atoms with E-state index in [1.807, 2.05) is 16.5 Å². The van der Waals surface area contributed by atoms with Crippen LogP contribution in [0.3, 0.4) is 0 Å². The molecular formula is C19H25N3O2S2. The van der Waals surface area contributed by atoms with Crippen molar-refractivity contribution in [3.05, 3.63) is 28.6 Å². The van der Waals surface area contributed by atoms with E-state index in [0.717, 1.165) is 29.7 Å². The Morgan fingerprint density at radius 3 is 2.92 bits per heavy atom. The number of amides is 2. The molecule has 0 radical (unpaired) electrons. The lowest BCUT2D eigenvalue weighted by molar-refractivity contribution is -0.130. The second-order valence-corrected chi connectivity index (χ2v) is 9.00. The molecule has 1 saturated heterocycles. The number of piperidine rings is 1. The molecule has 0 spiro atoms. The lowest BCUT2D eigenvalue weighted by atomic mass is 10.0. The lowest BCUT2D eigenvalue weighted by Crippen LogP contribution is -2.40. The van der Waals surface area contributed by atoms with Crippen LogP contribution in [0.2, 0.25) is 0 Å². The average Bonchev–Trinajstić information content (AvgIpc) is 2.89. The number of aromatic nitrogens is 1. The van der Waals surface area contributed by atoms with Crippen LogP contribution >= 0.6 is 23.1 Å². The van der Waals surface area contributed by atoms with E-state index >= 15 is 0 Å². The summed E-state index contributed by atoms with van der Waals surface area (Å²) in [5.74, 6) is 1.12. The van der Waals surface area contributed by atoms with Gasteiger partial charge in [0.05, 0.1) is 21.7 Å². The van der Waals surface area contributed by atoms with Crippen molar-refractivity contribution in [2.45, 2.75) is 26.7 Å². The number of hydrogen-bond acceptors (Lipinski definition) is 4. The standard InChI is InChI=1S/C19H25N3O2S2/c1-13-6-7-15-16(9-13)26-19(21(15)3)20-17(23)11-25-12-18(24)22-8-4-5-14(2)10-22/h6-7,9,14H,4-5,8,10-12H2,1-3H3/t14-/m1/s1. The molecule has 1 aromatic carbocycles. The van der Waals surface area contributed by atoms with Gasteiger partial charge in [0.15, 0.2) is 4.80 Å². The van der Waals surface area contributed by atoms with Crippen LogP contribution < -0.4 is 4.80 Å². The summed E-state index contributed by atoms with van der Waals surface area (Å²) in [7, 11) is 1.93. The Morgan fingerprint density at radius 2 is 2.15 bits per heavy atom. The summed E-state index contributed by atoms with van der Waals surface area (Å²) in [5.41, 5.74) is 2.27. The first kappa shape index (κ1) is 19.2. The molecule has 2 aromatic rings. The van der Waals surface area contributed by atoms with Crippen LogP contribution in [0.25, 0.3) is 10.2 Å². The van der Waals surface area contributed by atoms with Crippen LogP contribution in [0.15, 0.2) is 23.2 Å². The third-order valence-corrected chi connectivity index (χ3v) is 6.64. The van der Waals surface area contributed by atoms with Crippen molar-refractivity contribution in [3.63, 3.8) is 0 Å². The summed E-state index contributed by atoms with van der Waals surface area (Å²) in [6.45, 7) is 5.92. The number of thioether (sulfide) groups is 1. The molecular weight excluding hydrogens is 366 g/mol.